The Morgan fingerprint density at radius 1 is 1.12 bits per heavy atom. The summed E-state index contributed by atoms with van der Waals surface area (Å²) in [6.07, 6.45) is 7.86. The van der Waals surface area contributed by atoms with E-state index < -0.39 is 11.4 Å². The number of fused-ring (bicyclic) bond motifs is 3. The number of esters is 1. The van der Waals surface area contributed by atoms with Gasteiger partial charge in [0.2, 0.25) is 0 Å². The molecule has 4 nitrogen and oxygen atoms in total. The highest BCUT2D eigenvalue weighted by Crippen LogP contribution is 2.72. The molecule has 4 heteroatoms. The molecule has 4 aliphatic carbocycles. The van der Waals surface area contributed by atoms with Gasteiger partial charge in [0.05, 0.1) is 5.41 Å². The normalized spacial score (nSPS) is 49.9. The smallest absolute Gasteiger partial charge is 0.309 e. The van der Waals surface area contributed by atoms with Crippen LogP contribution in [0.2, 0.25) is 0 Å². The number of carboxylic acid groups (broad SMARTS) is 1. The molecule has 4 fully saturated rings. The zero-order valence-electron chi connectivity index (χ0n) is 16.3. The number of aliphatic carboxylic acids is 1. The van der Waals surface area contributed by atoms with E-state index >= 15 is 0 Å². The molecule has 2 bridgehead atoms. The topological polar surface area (TPSA) is 63.6 Å². The fraction of sp³-hybridized carbons (Fsp3) is 0.818. The van der Waals surface area contributed by atoms with E-state index in [-0.39, 0.29) is 28.8 Å². The Labute approximate surface area is 156 Å². The molecule has 0 radical (unpaired) electrons. The fourth-order valence-electron chi connectivity index (χ4n) is 7.95. The maximum atomic E-state index is 12.2. The number of carboxylic acids is 1. The third kappa shape index (κ3) is 2.13. The van der Waals surface area contributed by atoms with Crippen LogP contribution in [-0.2, 0) is 14.3 Å². The Bertz CT molecular complexity index is 669. The Balaban J connectivity index is 1.77. The molecule has 26 heavy (non-hydrogen) atoms. The Morgan fingerprint density at radius 3 is 2.50 bits per heavy atom. The summed E-state index contributed by atoms with van der Waals surface area (Å²) in [4.78, 5) is 24.0. The minimum atomic E-state index is -0.634. The second-order valence-corrected chi connectivity index (χ2v) is 10.0. The van der Waals surface area contributed by atoms with Crippen molar-refractivity contribution in [3.8, 4) is 0 Å². The largest absolute Gasteiger partial charge is 0.481 e. The maximum Gasteiger partial charge on any atom is 0.309 e. The predicted octanol–water partition coefficient (Wildman–Crippen LogP) is 4.58. The molecule has 1 spiro atoms. The van der Waals surface area contributed by atoms with Crippen LogP contribution in [0.1, 0.15) is 72.1 Å². The van der Waals surface area contributed by atoms with Gasteiger partial charge in [0.15, 0.2) is 0 Å². The van der Waals surface area contributed by atoms with Crippen molar-refractivity contribution >= 4 is 11.9 Å². The molecule has 4 aliphatic rings. The number of carbonyl (C=O) groups is 2. The molecular weight excluding hydrogens is 328 g/mol. The summed E-state index contributed by atoms with van der Waals surface area (Å²) in [5.41, 5.74) is 0.477. The Hall–Kier alpha value is -1.32. The lowest BCUT2D eigenvalue weighted by Gasteiger charge is -2.63. The average Bonchev–Trinajstić information content (AvgIpc) is 2.75. The van der Waals surface area contributed by atoms with Crippen LogP contribution < -0.4 is 0 Å². The van der Waals surface area contributed by atoms with Crippen molar-refractivity contribution < 1.29 is 19.4 Å². The van der Waals surface area contributed by atoms with E-state index in [1.54, 1.807) is 0 Å². The lowest BCUT2D eigenvalue weighted by molar-refractivity contribution is -0.195. The quantitative estimate of drug-likeness (QED) is 0.578. The second kappa shape index (κ2) is 5.59. The highest BCUT2D eigenvalue weighted by molar-refractivity contribution is 5.75. The van der Waals surface area contributed by atoms with Crippen LogP contribution in [0.15, 0.2) is 12.2 Å². The third-order valence-corrected chi connectivity index (χ3v) is 8.95. The van der Waals surface area contributed by atoms with Gasteiger partial charge >= 0.3 is 11.9 Å². The molecule has 0 aliphatic heterocycles. The molecule has 0 heterocycles. The summed E-state index contributed by atoms with van der Waals surface area (Å²) in [6, 6.07) is 0. The van der Waals surface area contributed by atoms with E-state index in [0.717, 1.165) is 56.9 Å². The van der Waals surface area contributed by atoms with E-state index in [9.17, 15) is 14.7 Å². The first-order valence-corrected chi connectivity index (χ1v) is 10.2. The van der Waals surface area contributed by atoms with Gasteiger partial charge in [-0.15, -0.1) is 0 Å². The Morgan fingerprint density at radius 2 is 1.85 bits per heavy atom. The minimum absolute atomic E-state index is 0.0115. The van der Waals surface area contributed by atoms with Gasteiger partial charge in [-0.2, -0.15) is 0 Å². The van der Waals surface area contributed by atoms with Crippen LogP contribution >= 0.6 is 0 Å². The molecule has 0 amide bonds. The molecule has 0 aromatic rings. The Kier molecular flexibility index (Phi) is 3.88. The highest BCUT2D eigenvalue weighted by Gasteiger charge is 2.68. The van der Waals surface area contributed by atoms with E-state index in [2.05, 4.69) is 13.5 Å². The van der Waals surface area contributed by atoms with Crippen LogP contribution in [0.25, 0.3) is 0 Å². The van der Waals surface area contributed by atoms with Gasteiger partial charge in [-0.25, -0.2) is 0 Å². The maximum absolute atomic E-state index is 12.2. The monoisotopic (exact) mass is 360 g/mol. The number of rotatable bonds is 2. The van der Waals surface area contributed by atoms with E-state index in [0.29, 0.717) is 11.8 Å². The van der Waals surface area contributed by atoms with Crippen molar-refractivity contribution in [2.75, 3.05) is 0 Å². The number of hydrogen-bond acceptors (Lipinski definition) is 3. The van der Waals surface area contributed by atoms with Gasteiger partial charge in [0, 0.05) is 12.3 Å². The first-order valence-electron chi connectivity index (χ1n) is 10.2. The first kappa shape index (κ1) is 18.1. The van der Waals surface area contributed by atoms with Crippen molar-refractivity contribution in [2.24, 2.45) is 34.0 Å². The predicted molar refractivity (Wildman–Crippen MR) is 98.4 cm³/mol. The summed E-state index contributed by atoms with van der Waals surface area (Å²) < 4.78 is 5.87. The molecule has 7 atom stereocenters. The lowest BCUT2D eigenvalue weighted by atomic mass is 9.40. The third-order valence-electron chi connectivity index (χ3n) is 8.95. The second-order valence-electron chi connectivity index (χ2n) is 10.0. The molecule has 144 valence electrons. The summed E-state index contributed by atoms with van der Waals surface area (Å²) in [7, 11) is 0. The molecule has 0 unspecified atom stereocenters. The van der Waals surface area contributed by atoms with Gasteiger partial charge in [-0.05, 0) is 80.6 Å². The van der Waals surface area contributed by atoms with Gasteiger partial charge in [0.1, 0.15) is 6.10 Å². The van der Waals surface area contributed by atoms with Crippen molar-refractivity contribution in [1.82, 2.24) is 0 Å². The van der Waals surface area contributed by atoms with Crippen LogP contribution in [0.5, 0.6) is 0 Å². The van der Waals surface area contributed by atoms with Crippen LogP contribution in [0.3, 0.4) is 0 Å². The van der Waals surface area contributed by atoms with E-state index in [1.165, 1.54) is 6.92 Å². The summed E-state index contributed by atoms with van der Waals surface area (Å²) in [5.74, 6) is 0.242. The van der Waals surface area contributed by atoms with Crippen molar-refractivity contribution in [1.29, 1.82) is 0 Å². The molecule has 0 saturated heterocycles. The number of ether oxygens (including phenoxy) is 1. The number of hydrogen-bond donors (Lipinski definition) is 1. The molecular formula is C22H32O4. The molecule has 0 aromatic heterocycles. The molecule has 4 saturated carbocycles. The zero-order chi connectivity index (χ0) is 18.9. The zero-order valence-corrected chi connectivity index (χ0v) is 16.3. The highest BCUT2D eigenvalue weighted by atomic mass is 16.5. The van der Waals surface area contributed by atoms with Crippen molar-refractivity contribution in [3.05, 3.63) is 12.2 Å². The minimum Gasteiger partial charge on any atom is -0.481 e. The van der Waals surface area contributed by atoms with Gasteiger partial charge in [-0.3, -0.25) is 9.59 Å². The summed E-state index contributed by atoms with van der Waals surface area (Å²) in [5, 5.41) is 10.0. The summed E-state index contributed by atoms with van der Waals surface area (Å²) >= 11 is 0. The standard InChI is InChI=1S/C22H32O4/c1-13-15-6-7-17-20(3)9-5-10-21(4,19(24)25)16(20)8-11-22(17,12-15)18(13)26-14(2)23/h15-18H,1,5-12H2,2-4H3,(H,24,25)/t15-,16-,17-,18+,20-,21-,22-/m1/s1. The number of carbonyl (C=O) groups excluding carboxylic acids is 1. The first-order chi connectivity index (χ1) is 12.1. The fourth-order valence-corrected chi connectivity index (χ4v) is 7.95. The van der Waals surface area contributed by atoms with Crippen LogP contribution in [0, 0.1) is 34.0 Å². The van der Waals surface area contributed by atoms with Gasteiger partial charge in [0.25, 0.3) is 0 Å². The van der Waals surface area contributed by atoms with Crippen LogP contribution in [-0.4, -0.2) is 23.1 Å². The van der Waals surface area contributed by atoms with Crippen molar-refractivity contribution in [2.45, 2.75) is 78.2 Å². The van der Waals surface area contributed by atoms with Gasteiger partial charge < -0.3 is 9.84 Å². The van der Waals surface area contributed by atoms with Gasteiger partial charge in [-0.1, -0.05) is 19.9 Å². The average molecular weight is 360 g/mol. The molecule has 1 N–H and O–H groups in total. The molecule has 4 rings (SSSR count). The summed E-state index contributed by atoms with van der Waals surface area (Å²) in [6.45, 7) is 10.1. The molecule has 0 aromatic carbocycles. The lowest BCUT2D eigenvalue weighted by Crippen LogP contribution is -2.60. The van der Waals surface area contributed by atoms with E-state index in [4.69, 9.17) is 4.74 Å². The van der Waals surface area contributed by atoms with Crippen molar-refractivity contribution in [3.63, 3.8) is 0 Å². The SMILES string of the molecule is C=C1[C@@H]2CC[C@@H]3[C@]4(C)CCC[C@@](C)(C(=O)O)[C@@H]4CC[C@]3(C2)[C@H]1OC(C)=O. The van der Waals surface area contributed by atoms with Crippen LogP contribution in [0.4, 0.5) is 0 Å². The van der Waals surface area contributed by atoms with E-state index in [1.807, 2.05) is 6.92 Å².